The molecular weight excluding hydrogens is 1900 g/mol. The van der Waals surface area contributed by atoms with Crippen LogP contribution in [0.3, 0.4) is 0 Å². The van der Waals surface area contributed by atoms with Gasteiger partial charge < -0.3 is 148 Å². The number of hydrogen-bond donors (Lipinski definition) is 30. The van der Waals surface area contributed by atoms with Gasteiger partial charge in [0.2, 0.25) is 100 Å². The lowest BCUT2D eigenvalue weighted by molar-refractivity contribution is -0.143. The quantitative estimate of drug-likeness (QED) is 0.0128. The van der Waals surface area contributed by atoms with Gasteiger partial charge in [-0.15, -0.1) is 0 Å². The third kappa shape index (κ3) is 38.9. The van der Waals surface area contributed by atoms with Gasteiger partial charge >= 0.3 is 29.8 Å². The van der Waals surface area contributed by atoms with Crippen LogP contribution in [0, 0.1) is 17.8 Å². The number of hydrogen-bond acceptors (Lipinski definition) is 28. The van der Waals surface area contributed by atoms with Crippen molar-refractivity contribution in [1.29, 1.82) is 0 Å². The number of nitrogens with two attached hydrogens (primary N) is 4. The molecule has 0 radical (unpaired) electrons. The molecule has 0 saturated carbocycles. The maximum Gasteiger partial charge on any atom is 0.326 e. The molecule has 17 amide bonds. The maximum absolute atomic E-state index is 14.9. The number of aromatic amines is 2. The van der Waals surface area contributed by atoms with E-state index in [9.17, 15) is 141 Å². The van der Waals surface area contributed by atoms with E-state index in [0.717, 1.165) is 0 Å². The van der Waals surface area contributed by atoms with Crippen molar-refractivity contribution in [3.63, 3.8) is 0 Å². The zero-order chi connectivity index (χ0) is 106. The largest absolute Gasteiger partial charge is 0.508 e. The van der Waals surface area contributed by atoms with Crippen molar-refractivity contribution in [1.82, 2.24) is 89.7 Å². The molecule has 0 unspecified atom stereocenters. The molecule has 2 heterocycles. The lowest BCUT2D eigenvalue weighted by Crippen LogP contribution is -2.62. The number of aliphatic hydroxyl groups excluding tert-OH is 1. The molecule has 0 aliphatic carbocycles. The first-order valence-corrected chi connectivity index (χ1v) is 46.7. The highest BCUT2D eigenvalue weighted by atomic mass is 32.1. The van der Waals surface area contributed by atoms with Gasteiger partial charge in [0.15, 0.2) is 0 Å². The van der Waals surface area contributed by atoms with Crippen molar-refractivity contribution in [3.05, 3.63) is 102 Å². The molecule has 5 rings (SSSR count). The number of nitrogens with one attached hydrogen (secondary N) is 17. The minimum Gasteiger partial charge on any atom is -0.508 e. The monoisotopic (exact) mass is 2030 g/mol. The lowest BCUT2D eigenvalue weighted by Gasteiger charge is -2.29. The zero-order valence-corrected chi connectivity index (χ0v) is 80.5. The van der Waals surface area contributed by atoms with E-state index in [2.05, 4.69) is 115 Å². The number of fused-ring (bicyclic) bond motifs is 2. The third-order valence-corrected chi connectivity index (χ3v) is 23.2. The number of H-pyrrole nitrogens is 2. The van der Waals surface area contributed by atoms with E-state index >= 15 is 0 Å². The molecule has 0 fully saturated rings. The number of aliphatic hydroxyl groups is 1. The molecule has 0 saturated heterocycles. The van der Waals surface area contributed by atoms with Crippen LogP contribution in [0.1, 0.15) is 148 Å². The van der Waals surface area contributed by atoms with Crippen molar-refractivity contribution >= 4 is 177 Å². The summed E-state index contributed by atoms with van der Waals surface area (Å²) in [6.07, 6.45) is -6.13. The van der Waals surface area contributed by atoms with Gasteiger partial charge in [-0.3, -0.25) is 101 Å². The zero-order valence-electron chi connectivity index (χ0n) is 78.7. The fourth-order valence-corrected chi connectivity index (χ4v) is 15.1. The lowest BCUT2D eigenvalue weighted by atomic mass is 9.96. The number of thiol groups is 2. The van der Waals surface area contributed by atoms with Crippen LogP contribution in [0.15, 0.2) is 85.2 Å². The Labute approximate surface area is 824 Å². The van der Waals surface area contributed by atoms with Crippen molar-refractivity contribution in [2.45, 2.75) is 247 Å². The number of carbonyl (C=O) groups excluding carboxylic acids is 17. The Hall–Kier alpha value is -14.5. The molecule has 50 nitrogen and oxygen atoms in total. The van der Waals surface area contributed by atoms with E-state index in [1.807, 2.05) is 0 Å². The van der Waals surface area contributed by atoms with Crippen LogP contribution in [-0.2, 0) is 125 Å². The molecule has 5 aromatic rings. The van der Waals surface area contributed by atoms with Gasteiger partial charge in [-0.2, -0.15) is 25.3 Å². The van der Waals surface area contributed by atoms with E-state index in [1.54, 1.807) is 82.4 Å². The summed E-state index contributed by atoms with van der Waals surface area (Å²) >= 11 is 8.41. The minimum absolute atomic E-state index is 0.00920. The van der Waals surface area contributed by atoms with Gasteiger partial charge in [0.05, 0.1) is 31.9 Å². The second-order valence-electron chi connectivity index (χ2n) is 34.5. The number of aromatic hydroxyl groups is 1. The first-order valence-electron chi connectivity index (χ1n) is 45.4. The van der Waals surface area contributed by atoms with Gasteiger partial charge in [-0.05, 0) is 110 Å². The molecular formula is C90H127N21O29S2. The second-order valence-corrected chi connectivity index (χ2v) is 35.3. The Morgan fingerprint density at radius 1 is 0.366 bits per heavy atom. The van der Waals surface area contributed by atoms with E-state index in [1.165, 1.54) is 44.3 Å². The number of aromatic nitrogens is 2. The first kappa shape index (κ1) is 118. The fourth-order valence-electron chi connectivity index (χ4n) is 14.5. The predicted octanol–water partition coefficient (Wildman–Crippen LogP) is -5.38. The number of primary amides is 2. The maximum atomic E-state index is 14.9. The van der Waals surface area contributed by atoms with Gasteiger partial charge in [-0.25, -0.2) is 4.79 Å². The van der Waals surface area contributed by atoms with Crippen molar-refractivity contribution < 1.29 is 141 Å². The van der Waals surface area contributed by atoms with E-state index in [-0.39, 0.29) is 55.9 Å². The molecule has 0 aliphatic rings. The van der Waals surface area contributed by atoms with Gasteiger partial charge in [-0.1, -0.05) is 96.5 Å². The first-order chi connectivity index (χ1) is 67.0. The Bertz CT molecular complexity index is 5310. The Kier molecular flexibility index (Phi) is 48.6. The summed E-state index contributed by atoms with van der Waals surface area (Å²) in [7, 11) is 0. The average Bonchev–Trinajstić information content (AvgIpc) is 1.69. The molecule has 0 bridgehead atoms. The number of para-hydroxylation sites is 2. The Morgan fingerprint density at radius 2 is 0.718 bits per heavy atom. The second kappa shape index (κ2) is 58.5. The number of phenols is 1. The van der Waals surface area contributed by atoms with Crippen LogP contribution in [0.5, 0.6) is 5.75 Å². The van der Waals surface area contributed by atoms with Crippen molar-refractivity contribution in [2.75, 3.05) is 24.7 Å². The number of amides is 17. The predicted molar refractivity (Wildman–Crippen MR) is 512 cm³/mol. The van der Waals surface area contributed by atoms with E-state index < -0.39 is 334 Å². The average molecular weight is 2030 g/mol. The summed E-state index contributed by atoms with van der Waals surface area (Å²) in [5.74, 6) is -31.1. The normalized spacial score (nSPS) is 14.8. The molecule has 778 valence electrons. The molecule has 0 aliphatic heterocycles. The molecule has 32 N–H and O–H groups in total. The number of phenolic OH excluding ortho intramolecular Hbond substituents is 1. The highest BCUT2D eigenvalue weighted by Gasteiger charge is 2.42. The number of carbonyl (C=O) groups is 22. The molecule has 142 heavy (non-hydrogen) atoms. The van der Waals surface area contributed by atoms with Crippen LogP contribution in [-0.4, -0.2) is 297 Å². The smallest absolute Gasteiger partial charge is 0.326 e. The fraction of sp³-hybridized carbons (Fsp3) is 0.511. The van der Waals surface area contributed by atoms with Crippen LogP contribution < -0.4 is 103 Å². The minimum atomic E-state index is -2.25. The van der Waals surface area contributed by atoms with Crippen molar-refractivity contribution in [2.24, 2.45) is 40.7 Å². The Morgan fingerprint density at radius 3 is 1.13 bits per heavy atom. The van der Waals surface area contributed by atoms with Crippen LogP contribution in [0.25, 0.3) is 21.8 Å². The van der Waals surface area contributed by atoms with E-state index in [0.29, 0.717) is 32.9 Å². The van der Waals surface area contributed by atoms with Crippen LogP contribution in [0.2, 0.25) is 0 Å². The molecule has 2 aromatic heterocycles. The van der Waals surface area contributed by atoms with Gasteiger partial charge in [0.25, 0.3) is 0 Å². The third-order valence-electron chi connectivity index (χ3n) is 22.5. The summed E-state index contributed by atoms with van der Waals surface area (Å²) in [6, 6.07) is -10.3. The summed E-state index contributed by atoms with van der Waals surface area (Å²) in [5, 5.41) is 107. The number of rotatable bonds is 64. The van der Waals surface area contributed by atoms with Crippen molar-refractivity contribution in [3.8, 4) is 5.75 Å². The number of carboxylic acid groups (broad SMARTS) is 5. The highest BCUT2D eigenvalue weighted by molar-refractivity contribution is 7.80. The summed E-state index contributed by atoms with van der Waals surface area (Å²) in [6.45, 7) is 8.39. The summed E-state index contributed by atoms with van der Waals surface area (Å²) in [5.41, 5.74) is 24.8. The summed E-state index contributed by atoms with van der Waals surface area (Å²) in [4.78, 5) is 307. The number of unbranched alkanes of at least 4 members (excludes halogenated alkanes) is 1. The standard InChI is InChI=1S/C90H127N21O29S2/c1-7-44(6)74(89(138)106-63(90(139)140)30-42(2)3)111-84(133)61(35-68(94)115)104-87(136)65(40-141)108-85(134)64(39-112)107-81(130)59(32-46-37-95-52-16-10-8-14-49(46)52)103-78(127)55(23-26-67(93)114)98-82(131)62(36-72(122)123)105-76(125)54(18-12-13-29-91)97-77(126)56(24-27-69(116)117)99-80(129)58(31-45-19-21-48(113)22-20-45)102-79(128)57(25-28-70(118)119)100-86(135)66(41-142)109-88(137)73(43(4)5)110-83(132)60(101-75(124)51(92)34-71(120)121)33-47-38-96-53-17-11-9-15-50(47)53/h8-11,14-17,19-22,37-38,42-44,51,54-66,73-74,95-96,112-113,141-142H,7,12-13,18,23-36,39-41,91-92H2,1-6H3,(H2,93,114)(H2,94,115)(H,97,126)(H,98,131)(H,99,129)(H,100,135)(H,101,124)(H,102,128)(H,103,127)(H,104,136)(H,105,125)(H,106,138)(H,107,130)(H,108,134)(H,109,137)(H,110,132)(H,111,133)(H,116,117)(H,118,119)(H,120,121)(H,122,123)(H,139,140)/t44-,51-,54-,55-,56-,57-,58-,59-,60-,61-,62-,63-,64-,65-,66-,73-,74-/m0/s1. The topological polar surface area (TPSA) is 833 Å². The number of benzene rings is 3. The van der Waals surface area contributed by atoms with Gasteiger partial charge in [0.1, 0.15) is 96.4 Å². The Balaban J connectivity index is 1.41. The molecule has 3 aromatic carbocycles. The van der Waals surface area contributed by atoms with E-state index in [4.69, 9.17) is 22.9 Å². The SMILES string of the molecule is CC[C@H](C)[C@H](NC(=O)[C@H](CC(N)=O)NC(=O)[C@H](CS)NC(=O)[C@H](CO)NC(=O)[C@H](Cc1c[nH]c2ccccc12)NC(=O)[C@H](CCC(N)=O)NC(=O)[C@H](CC(=O)O)NC(=O)[C@H](CCCCN)NC(=O)[C@H](CCC(=O)O)NC(=O)[C@H](Cc1ccc(O)cc1)NC(=O)[C@H](CCC(=O)O)NC(=O)[C@H](CS)NC(=O)[C@@H](NC(=O)[C@H](Cc1c[nH]c2ccccc12)NC(=O)[C@@H](N)CC(=O)O)C(C)C)C(=O)N[C@@H](CC(C)C)C(=O)O. The number of carboxylic acids is 5. The molecule has 52 heteroatoms. The van der Waals surface area contributed by atoms with Crippen LogP contribution in [0.4, 0.5) is 0 Å². The summed E-state index contributed by atoms with van der Waals surface area (Å²) < 4.78 is 0. The molecule has 17 atom stereocenters. The van der Waals surface area contributed by atoms with Gasteiger partial charge in [0, 0.05) is 84.2 Å². The highest BCUT2D eigenvalue weighted by Crippen LogP contribution is 2.24. The number of aliphatic carboxylic acids is 5. The van der Waals surface area contributed by atoms with Crippen LogP contribution >= 0.6 is 25.3 Å². The molecule has 0 spiro atoms.